The second-order valence-corrected chi connectivity index (χ2v) is 12.2. The van der Waals surface area contributed by atoms with Crippen molar-refractivity contribution in [2.24, 2.45) is 5.92 Å². The molecule has 254 valence electrons. The van der Waals surface area contributed by atoms with E-state index >= 15 is 0 Å². The number of anilines is 3. The molecular weight excluding hydrogens is 560 g/mol. The third-order valence-electron chi connectivity index (χ3n) is 8.52. The average molecular weight is 625 g/mol. The fourth-order valence-corrected chi connectivity index (χ4v) is 5.91. The first kappa shape index (κ1) is 38.3. The molecule has 8 heteroatoms. The standard InChI is InChI=1S/C26H36N6O2.C5H12.C4H10.C2H6/c1-2-3-14-34-26-29-23(27)22-24(30-26)32(21-11-7-10-20(21)25(33)28-22)17-19-9-6-8-18(15-19)16-31-12-4-5-13-31;1-3-5-4-2;1-3-4-2;1-2/h6,8-9,15,20-21H,2-5,7,10-14,16-17H2,1H3,(H,28,33)(H2,27,29,30);3-5H2,1-2H3;3-4H2,1-2H3;1-2H3. The monoisotopic (exact) mass is 625 g/mol. The highest BCUT2D eigenvalue weighted by molar-refractivity contribution is 6.00. The SMILES string of the molecule is CC.CCCC.CCCCC.CCCCOc1nc(N)c2c(n1)N(Cc1cccc(CN3CCCC3)c1)C1CCCC1C(=O)N2. The average Bonchev–Trinajstić information content (AvgIpc) is 3.74. The molecule has 1 saturated carbocycles. The molecule has 5 rings (SSSR count). The van der Waals surface area contributed by atoms with Crippen LogP contribution in [-0.4, -0.2) is 46.5 Å². The zero-order valence-electron chi connectivity index (χ0n) is 29.7. The molecule has 2 aromatic rings. The molecule has 0 spiro atoms. The van der Waals surface area contributed by atoms with Gasteiger partial charge >= 0.3 is 6.01 Å². The van der Waals surface area contributed by atoms with E-state index in [9.17, 15) is 4.79 Å². The van der Waals surface area contributed by atoms with E-state index in [2.05, 4.69) is 79.0 Å². The molecule has 8 nitrogen and oxygen atoms in total. The summed E-state index contributed by atoms with van der Waals surface area (Å²) in [6.07, 6.45) is 14.1. The van der Waals surface area contributed by atoms with Crippen LogP contribution in [0.5, 0.6) is 6.01 Å². The van der Waals surface area contributed by atoms with Crippen molar-refractivity contribution in [2.45, 2.75) is 145 Å². The lowest BCUT2D eigenvalue weighted by Gasteiger charge is -2.32. The number of hydrogen-bond donors (Lipinski definition) is 2. The van der Waals surface area contributed by atoms with Crippen LogP contribution in [0.25, 0.3) is 0 Å². The van der Waals surface area contributed by atoms with Gasteiger partial charge in [0.25, 0.3) is 0 Å². The van der Waals surface area contributed by atoms with E-state index < -0.39 is 0 Å². The minimum Gasteiger partial charge on any atom is -0.463 e. The maximum Gasteiger partial charge on any atom is 0.320 e. The van der Waals surface area contributed by atoms with E-state index in [1.807, 2.05) is 13.8 Å². The predicted octanol–water partition coefficient (Wildman–Crippen LogP) is 8.99. The lowest BCUT2D eigenvalue weighted by atomic mass is 10.0. The van der Waals surface area contributed by atoms with Crippen molar-refractivity contribution in [1.29, 1.82) is 0 Å². The van der Waals surface area contributed by atoms with Gasteiger partial charge in [0.1, 0.15) is 5.69 Å². The quantitative estimate of drug-likeness (QED) is 0.241. The van der Waals surface area contributed by atoms with Gasteiger partial charge in [-0.3, -0.25) is 9.69 Å². The van der Waals surface area contributed by atoms with Crippen LogP contribution in [0.15, 0.2) is 24.3 Å². The van der Waals surface area contributed by atoms with E-state index in [4.69, 9.17) is 15.5 Å². The van der Waals surface area contributed by atoms with Gasteiger partial charge in [-0.2, -0.15) is 9.97 Å². The normalized spacial score (nSPS) is 18.6. The topological polar surface area (TPSA) is 96.6 Å². The van der Waals surface area contributed by atoms with Crippen LogP contribution in [0.4, 0.5) is 17.3 Å². The van der Waals surface area contributed by atoms with Crippen LogP contribution in [0.3, 0.4) is 0 Å². The predicted molar refractivity (Wildman–Crippen MR) is 191 cm³/mol. The Balaban J connectivity index is 0.000000560. The van der Waals surface area contributed by atoms with Crippen molar-refractivity contribution in [1.82, 2.24) is 14.9 Å². The van der Waals surface area contributed by atoms with Gasteiger partial charge in [0, 0.05) is 19.1 Å². The summed E-state index contributed by atoms with van der Waals surface area (Å²) < 4.78 is 5.82. The first-order valence-electron chi connectivity index (χ1n) is 18.1. The number of fused-ring (bicyclic) bond motifs is 2. The summed E-state index contributed by atoms with van der Waals surface area (Å²) >= 11 is 0. The maximum absolute atomic E-state index is 13.1. The molecular formula is C37H64N6O2. The number of nitrogens with zero attached hydrogens (tertiary/aromatic N) is 4. The molecule has 2 atom stereocenters. The molecule has 2 fully saturated rings. The van der Waals surface area contributed by atoms with Crippen molar-refractivity contribution in [3.8, 4) is 6.01 Å². The smallest absolute Gasteiger partial charge is 0.320 e. The highest BCUT2D eigenvalue weighted by atomic mass is 16.5. The van der Waals surface area contributed by atoms with Gasteiger partial charge < -0.3 is 20.7 Å². The molecule has 0 bridgehead atoms. The summed E-state index contributed by atoms with van der Waals surface area (Å²) in [6, 6.07) is 9.18. The zero-order valence-corrected chi connectivity index (χ0v) is 29.7. The van der Waals surface area contributed by atoms with Crippen molar-refractivity contribution in [3.63, 3.8) is 0 Å². The number of benzene rings is 1. The van der Waals surface area contributed by atoms with Crippen LogP contribution >= 0.6 is 0 Å². The van der Waals surface area contributed by atoms with Crippen LogP contribution in [0.1, 0.15) is 137 Å². The van der Waals surface area contributed by atoms with Crippen LogP contribution in [0, 0.1) is 5.92 Å². The van der Waals surface area contributed by atoms with E-state index in [0.717, 1.165) is 38.6 Å². The number of nitrogens with two attached hydrogens (primary N) is 1. The van der Waals surface area contributed by atoms with Gasteiger partial charge in [0.2, 0.25) is 5.91 Å². The molecule has 3 aliphatic rings. The van der Waals surface area contributed by atoms with Gasteiger partial charge in [-0.25, -0.2) is 0 Å². The minimum atomic E-state index is -0.0779. The Hall–Kier alpha value is -2.87. The Morgan fingerprint density at radius 2 is 1.51 bits per heavy atom. The number of rotatable bonds is 11. The van der Waals surface area contributed by atoms with Crippen LogP contribution < -0.4 is 20.7 Å². The lowest BCUT2D eigenvalue weighted by molar-refractivity contribution is -0.119. The van der Waals surface area contributed by atoms with E-state index in [1.165, 1.54) is 69.2 Å². The molecule has 1 aliphatic carbocycles. The molecule has 2 aliphatic heterocycles. The van der Waals surface area contributed by atoms with Gasteiger partial charge in [-0.1, -0.05) is 118 Å². The van der Waals surface area contributed by atoms with Crippen molar-refractivity contribution >= 4 is 23.2 Å². The van der Waals surface area contributed by atoms with E-state index in [1.54, 1.807) is 0 Å². The first-order chi connectivity index (χ1) is 21.9. The number of hydrogen-bond acceptors (Lipinski definition) is 7. The van der Waals surface area contributed by atoms with Gasteiger partial charge in [-0.15, -0.1) is 0 Å². The fourth-order valence-electron chi connectivity index (χ4n) is 5.91. The summed E-state index contributed by atoms with van der Waals surface area (Å²) in [5.74, 6) is 0.874. The number of unbranched alkanes of at least 4 members (excludes halogenated alkanes) is 4. The molecule has 45 heavy (non-hydrogen) atoms. The molecule has 1 aromatic heterocycles. The Labute approximate surface area is 274 Å². The number of nitrogens with one attached hydrogen (secondary N) is 1. The number of carbonyl (C=O) groups excluding carboxylic acids is 1. The number of likely N-dealkylation sites (tertiary alicyclic amines) is 1. The highest BCUT2D eigenvalue weighted by Gasteiger charge is 2.42. The second-order valence-electron chi connectivity index (χ2n) is 12.2. The van der Waals surface area contributed by atoms with Crippen LogP contribution in [0.2, 0.25) is 0 Å². The zero-order chi connectivity index (χ0) is 33.0. The maximum atomic E-state index is 13.1. The van der Waals surface area contributed by atoms with E-state index in [-0.39, 0.29) is 29.7 Å². The van der Waals surface area contributed by atoms with Crippen molar-refractivity contribution in [3.05, 3.63) is 35.4 Å². The third-order valence-corrected chi connectivity index (χ3v) is 8.52. The summed E-state index contributed by atoms with van der Waals surface area (Å²) in [5.41, 5.74) is 9.38. The molecule has 2 unspecified atom stereocenters. The van der Waals surface area contributed by atoms with E-state index in [0.29, 0.717) is 24.7 Å². The van der Waals surface area contributed by atoms with Crippen LogP contribution in [-0.2, 0) is 17.9 Å². The molecule has 1 saturated heterocycles. The largest absolute Gasteiger partial charge is 0.463 e. The molecule has 1 aromatic carbocycles. The molecule has 1 amide bonds. The van der Waals surface area contributed by atoms with Crippen molar-refractivity contribution < 1.29 is 9.53 Å². The summed E-state index contributed by atoms with van der Waals surface area (Å²) in [5, 5.41) is 3.04. The summed E-state index contributed by atoms with van der Waals surface area (Å²) in [4.78, 5) is 27.0. The van der Waals surface area contributed by atoms with Crippen molar-refractivity contribution in [2.75, 3.05) is 35.6 Å². The lowest BCUT2D eigenvalue weighted by Crippen LogP contribution is -2.40. The fraction of sp³-hybridized carbons (Fsp3) is 0.703. The first-order valence-corrected chi connectivity index (χ1v) is 18.1. The second kappa shape index (κ2) is 21.8. The minimum absolute atomic E-state index is 0.0176. The molecule has 3 heterocycles. The Bertz CT molecular complexity index is 1100. The highest BCUT2D eigenvalue weighted by Crippen LogP contribution is 2.42. The number of aromatic nitrogens is 2. The Morgan fingerprint density at radius 1 is 0.867 bits per heavy atom. The Kier molecular flexibility index (Phi) is 18.6. The summed E-state index contributed by atoms with van der Waals surface area (Å²) in [7, 11) is 0. The number of nitrogen functional groups attached to an aromatic ring is 1. The molecule has 0 radical (unpaired) electrons. The van der Waals surface area contributed by atoms with Gasteiger partial charge in [0.15, 0.2) is 11.6 Å². The Morgan fingerprint density at radius 3 is 2.11 bits per heavy atom. The number of carbonyl (C=O) groups is 1. The molecule has 3 N–H and O–H groups in total. The summed E-state index contributed by atoms with van der Waals surface area (Å²) in [6.45, 7) is 19.5. The number of amides is 1. The van der Waals surface area contributed by atoms with Gasteiger partial charge in [-0.05, 0) is 56.3 Å². The third kappa shape index (κ3) is 12.1. The van der Waals surface area contributed by atoms with Gasteiger partial charge in [0.05, 0.1) is 12.5 Å². The number of ether oxygens (including phenoxy) is 1.